The minimum Gasteiger partial charge on any atom is -0.462 e. The van der Waals surface area contributed by atoms with Crippen molar-refractivity contribution < 1.29 is 28.6 Å². The number of hydrogen-bond acceptors (Lipinski definition) is 6. The molecule has 68 heavy (non-hydrogen) atoms. The standard InChI is InChI=1S/C62H100O6/c1-4-7-10-13-16-19-22-24-26-28-30-31-33-34-36-38-40-43-46-49-52-55-61(64)67-58-59(57-66-60(63)54-51-48-45-42-21-18-15-12-9-6-3)68-62(65)56-53-50-47-44-41-39-37-35-32-29-27-25-23-20-17-14-11-8-5-2/h7-8,10-11,16-17,19-20,24-27,30-32,35,39,41,47,50,59H,4-6,9,12-15,18,21-23,28-29,33-34,36-38,40,42-46,48-49,51-58H2,1-3H3/b10-7-,11-8-,19-16-,20-17-,26-24-,27-25-,31-30-,35-32-,41-39-,50-47-. The van der Waals surface area contributed by atoms with Crippen LogP contribution in [0.3, 0.4) is 0 Å². The van der Waals surface area contributed by atoms with Crippen molar-refractivity contribution in [2.45, 2.75) is 239 Å². The van der Waals surface area contributed by atoms with Crippen molar-refractivity contribution in [1.29, 1.82) is 0 Å². The van der Waals surface area contributed by atoms with Gasteiger partial charge in [0.25, 0.3) is 0 Å². The summed E-state index contributed by atoms with van der Waals surface area (Å²) in [5.41, 5.74) is 0. The summed E-state index contributed by atoms with van der Waals surface area (Å²) >= 11 is 0. The van der Waals surface area contributed by atoms with Crippen LogP contribution in [0.15, 0.2) is 122 Å². The van der Waals surface area contributed by atoms with E-state index in [-0.39, 0.29) is 31.6 Å². The molecule has 6 nitrogen and oxygen atoms in total. The first kappa shape index (κ1) is 63.8. The van der Waals surface area contributed by atoms with Gasteiger partial charge in [0.1, 0.15) is 13.2 Å². The summed E-state index contributed by atoms with van der Waals surface area (Å²) in [7, 11) is 0. The number of hydrogen-bond donors (Lipinski definition) is 0. The molecule has 0 saturated heterocycles. The van der Waals surface area contributed by atoms with Gasteiger partial charge in [0, 0.05) is 19.3 Å². The van der Waals surface area contributed by atoms with Gasteiger partial charge in [-0.3, -0.25) is 14.4 Å². The first-order valence-corrected chi connectivity index (χ1v) is 27.5. The molecule has 0 spiro atoms. The minimum atomic E-state index is -0.823. The van der Waals surface area contributed by atoms with E-state index in [1.54, 1.807) is 0 Å². The maximum atomic E-state index is 12.8. The van der Waals surface area contributed by atoms with Crippen molar-refractivity contribution in [3.05, 3.63) is 122 Å². The van der Waals surface area contributed by atoms with Gasteiger partial charge in [0.05, 0.1) is 0 Å². The Bertz CT molecular complexity index is 1450. The van der Waals surface area contributed by atoms with Crippen molar-refractivity contribution in [2.75, 3.05) is 13.2 Å². The molecule has 0 rings (SSSR count). The van der Waals surface area contributed by atoms with Crippen molar-refractivity contribution in [3.63, 3.8) is 0 Å². The Morgan fingerprint density at radius 2 is 0.603 bits per heavy atom. The smallest absolute Gasteiger partial charge is 0.306 e. The second-order valence-electron chi connectivity index (χ2n) is 17.7. The van der Waals surface area contributed by atoms with Crippen LogP contribution < -0.4 is 0 Å². The van der Waals surface area contributed by atoms with E-state index in [1.807, 2.05) is 12.2 Å². The van der Waals surface area contributed by atoms with Gasteiger partial charge in [0.15, 0.2) is 6.10 Å². The van der Waals surface area contributed by atoms with E-state index < -0.39 is 12.1 Å². The zero-order chi connectivity index (χ0) is 49.3. The van der Waals surface area contributed by atoms with Crippen LogP contribution >= 0.6 is 0 Å². The highest BCUT2D eigenvalue weighted by atomic mass is 16.6. The van der Waals surface area contributed by atoms with Crippen LogP contribution in [0.4, 0.5) is 0 Å². The first-order chi connectivity index (χ1) is 33.5. The fourth-order valence-electron chi connectivity index (χ4n) is 7.16. The zero-order valence-electron chi connectivity index (χ0n) is 43.8. The summed E-state index contributed by atoms with van der Waals surface area (Å²) in [5.74, 6) is -1.01. The van der Waals surface area contributed by atoms with Crippen LogP contribution in [0.2, 0.25) is 0 Å². The summed E-state index contributed by atoms with van der Waals surface area (Å²) in [4.78, 5) is 38.0. The van der Waals surface area contributed by atoms with Crippen molar-refractivity contribution in [1.82, 2.24) is 0 Å². The predicted molar refractivity (Wildman–Crippen MR) is 293 cm³/mol. The van der Waals surface area contributed by atoms with E-state index in [1.165, 1.54) is 77.0 Å². The molecule has 0 aromatic rings. The Morgan fingerprint density at radius 1 is 0.309 bits per heavy atom. The highest BCUT2D eigenvalue weighted by molar-refractivity contribution is 5.71. The van der Waals surface area contributed by atoms with Crippen LogP contribution in [0.5, 0.6) is 0 Å². The van der Waals surface area contributed by atoms with E-state index in [0.717, 1.165) is 109 Å². The van der Waals surface area contributed by atoms with Gasteiger partial charge >= 0.3 is 17.9 Å². The second kappa shape index (κ2) is 55.4. The molecule has 0 aromatic heterocycles. The molecule has 6 heteroatoms. The summed E-state index contributed by atoms with van der Waals surface area (Å²) in [6.45, 7) is 6.32. The minimum absolute atomic E-state index is 0.112. The summed E-state index contributed by atoms with van der Waals surface area (Å²) < 4.78 is 16.7. The molecule has 0 aliphatic heterocycles. The number of esters is 3. The fourth-order valence-corrected chi connectivity index (χ4v) is 7.16. The van der Waals surface area contributed by atoms with Gasteiger partial charge in [-0.2, -0.15) is 0 Å². The monoisotopic (exact) mass is 941 g/mol. The maximum Gasteiger partial charge on any atom is 0.306 e. The molecule has 0 heterocycles. The molecule has 1 unspecified atom stereocenters. The molecular formula is C62H100O6. The molecule has 0 aliphatic carbocycles. The highest BCUT2D eigenvalue weighted by Crippen LogP contribution is 2.14. The third-order valence-corrected chi connectivity index (χ3v) is 11.2. The number of allylic oxidation sites excluding steroid dienone is 20. The number of rotatable bonds is 48. The zero-order valence-corrected chi connectivity index (χ0v) is 43.8. The lowest BCUT2D eigenvalue weighted by atomic mass is 10.1. The number of carbonyl (C=O) groups is 3. The van der Waals surface area contributed by atoms with Gasteiger partial charge in [-0.15, -0.1) is 0 Å². The Hall–Kier alpha value is -4.19. The van der Waals surface area contributed by atoms with E-state index in [0.29, 0.717) is 19.3 Å². The molecule has 0 fully saturated rings. The number of carbonyl (C=O) groups excluding carboxylic acids is 3. The molecule has 0 radical (unpaired) electrons. The first-order valence-electron chi connectivity index (χ1n) is 27.5. The third kappa shape index (κ3) is 52.8. The largest absolute Gasteiger partial charge is 0.462 e. The molecule has 1 atom stereocenters. The van der Waals surface area contributed by atoms with Crippen molar-refractivity contribution in [2.24, 2.45) is 0 Å². The quantitative estimate of drug-likeness (QED) is 0.0262. The maximum absolute atomic E-state index is 12.8. The lowest BCUT2D eigenvalue weighted by Crippen LogP contribution is -2.30. The molecule has 0 N–H and O–H groups in total. The van der Waals surface area contributed by atoms with E-state index in [4.69, 9.17) is 14.2 Å². The summed E-state index contributed by atoms with van der Waals surface area (Å²) in [6.07, 6.45) is 76.3. The molecular weight excluding hydrogens is 841 g/mol. The SMILES string of the molecule is CC/C=C\C/C=C\C/C=C\C/C=C\C/C=C\C/C=C\CCC(=O)OC(COC(=O)CCCCCCCCCC/C=C\C/C=C\C/C=C\C/C=C\CC)COC(=O)CCCCCCCCCCCC. The van der Waals surface area contributed by atoms with Gasteiger partial charge in [-0.1, -0.05) is 239 Å². The topological polar surface area (TPSA) is 78.9 Å². The lowest BCUT2D eigenvalue weighted by Gasteiger charge is -2.18. The van der Waals surface area contributed by atoms with Crippen molar-refractivity contribution in [3.8, 4) is 0 Å². The Labute approximate surface area is 418 Å². The van der Waals surface area contributed by atoms with Gasteiger partial charge < -0.3 is 14.2 Å². The highest BCUT2D eigenvalue weighted by Gasteiger charge is 2.19. The van der Waals surface area contributed by atoms with Crippen LogP contribution in [0, 0.1) is 0 Å². The average Bonchev–Trinajstić information content (AvgIpc) is 3.34. The Balaban J connectivity index is 4.46. The van der Waals surface area contributed by atoms with Gasteiger partial charge in [-0.05, 0) is 96.3 Å². The molecule has 0 bridgehead atoms. The van der Waals surface area contributed by atoms with Crippen LogP contribution in [0.25, 0.3) is 0 Å². The molecule has 0 saturated carbocycles. The van der Waals surface area contributed by atoms with Crippen LogP contribution in [-0.2, 0) is 28.6 Å². The van der Waals surface area contributed by atoms with Crippen LogP contribution in [0.1, 0.15) is 233 Å². The number of ether oxygens (including phenoxy) is 3. The summed E-state index contributed by atoms with van der Waals surface area (Å²) in [6, 6.07) is 0. The predicted octanol–water partition coefficient (Wildman–Crippen LogP) is 18.5. The molecule has 0 aliphatic rings. The van der Waals surface area contributed by atoms with E-state index in [2.05, 4.69) is 130 Å². The fraction of sp³-hybridized carbons (Fsp3) is 0.629. The second-order valence-corrected chi connectivity index (χ2v) is 17.7. The molecule has 0 amide bonds. The van der Waals surface area contributed by atoms with E-state index >= 15 is 0 Å². The molecule has 384 valence electrons. The summed E-state index contributed by atoms with van der Waals surface area (Å²) in [5, 5.41) is 0. The van der Waals surface area contributed by atoms with Crippen LogP contribution in [-0.4, -0.2) is 37.2 Å². The number of unbranched alkanes of at least 4 members (excludes halogenated alkanes) is 17. The van der Waals surface area contributed by atoms with Gasteiger partial charge in [0.2, 0.25) is 0 Å². The normalized spacial score (nSPS) is 13.0. The van der Waals surface area contributed by atoms with Gasteiger partial charge in [-0.25, -0.2) is 0 Å². The molecule has 0 aromatic carbocycles. The van der Waals surface area contributed by atoms with Crippen molar-refractivity contribution >= 4 is 17.9 Å². The Kier molecular flexibility index (Phi) is 52.0. The third-order valence-electron chi connectivity index (χ3n) is 11.2. The lowest BCUT2D eigenvalue weighted by molar-refractivity contribution is -0.166. The van der Waals surface area contributed by atoms with E-state index in [9.17, 15) is 14.4 Å². The Morgan fingerprint density at radius 3 is 0.956 bits per heavy atom. The average molecular weight is 941 g/mol.